The van der Waals surface area contributed by atoms with Crippen molar-refractivity contribution in [3.8, 4) is 0 Å². The first-order chi connectivity index (χ1) is 4.92. The van der Waals surface area contributed by atoms with E-state index in [1.807, 2.05) is 0 Å². The third-order valence-corrected chi connectivity index (χ3v) is 2.03. The molecule has 0 bridgehead atoms. The maximum Gasteiger partial charge on any atom is 0.316 e. The summed E-state index contributed by atoms with van der Waals surface area (Å²) < 4.78 is 42.3. The molecule has 9 heteroatoms. The van der Waals surface area contributed by atoms with E-state index in [0.717, 1.165) is 0 Å². The molecule has 0 aromatic carbocycles. The van der Waals surface area contributed by atoms with Crippen molar-refractivity contribution in [1.82, 2.24) is 0 Å². The van der Waals surface area contributed by atoms with Gasteiger partial charge >= 0.3 is 8.25 Å². The summed E-state index contributed by atoms with van der Waals surface area (Å²) >= 11 is 0. The van der Waals surface area contributed by atoms with Crippen molar-refractivity contribution in [2.45, 2.75) is 6.42 Å². The Morgan fingerprint density at radius 1 is 1.42 bits per heavy atom. The first-order valence-electron chi connectivity index (χ1n) is 2.73. The van der Waals surface area contributed by atoms with E-state index >= 15 is 0 Å². The molecule has 0 aliphatic rings. The van der Waals surface area contributed by atoms with E-state index in [1.165, 1.54) is 0 Å². The van der Waals surface area contributed by atoms with Gasteiger partial charge in [0.2, 0.25) is 0 Å². The second-order valence-electron chi connectivity index (χ2n) is 1.75. The Kier molecular flexibility index (Phi) is 9.45. The van der Waals surface area contributed by atoms with Gasteiger partial charge in [0.25, 0.3) is 10.1 Å². The van der Waals surface area contributed by atoms with Gasteiger partial charge in [0.15, 0.2) is 0 Å². The zero-order valence-electron chi connectivity index (χ0n) is 6.06. The predicted octanol–water partition coefficient (Wildman–Crippen LogP) is -0.340. The van der Waals surface area contributed by atoms with Gasteiger partial charge in [-0.3, -0.25) is 9.12 Å². The quantitative estimate of drug-likeness (QED) is 0.409. The Labute approximate surface area is 90.1 Å². The fourth-order valence-corrected chi connectivity index (χ4v) is 1.20. The molecule has 2 N–H and O–H groups in total. The molecule has 0 aliphatic heterocycles. The SMILES string of the molecule is O=[PH](O)OCCCS(=O)(=O)O.[Zr]. The topological polar surface area (TPSA) is 101 Å². The normalized spacial score (nSPS) is 13.5. The summed E-state index contributed by atoms with van der Waals surface area (Å²) in [7, 11) is -6.95. The fraction of sp³-hybridized carbons (Fsp3) is 1.00. The number of hydrogen-bond donors (Lipinski definition) is 2. The molecule has 0 amide bonds. The largest absolute Gasteiger partial charge is 0.326 e. The van der Waals surface area contributed by atoms with E-state index < -0.39 is 24.1 Å². The van der Waals surface area contributed by atoms with Gasteiger partial charge in [0, 0.05) is 26.2 Å². The molecule has 0 spiro atoms. The van der Waals surface area contributed by atoms with Crippen LogP contribution in [0.2, 0.25) is 0 Å². The molecule has 0 aromatic heterocycles. The Balaban J connectivity index is 0. The Morgan fingerprint density at radius 3 is 2.25 bits per heavy atom. The van der Waals surface area contributed by atoms with Crippen LogP contribution in [0, 0.1) is 0 Å². The first kappa shape index (κ1) is 15.4. The van der Waals surface area contributed by atoms with Gasteiger partial charge < -0.3 is 9.42 Å². The van der Waals surface area contributed by atoms with E-state index in [0.29, 0.717) is 0 Å². The number of hydrogen-bond acceptors (Lipinski definition) is 4. The molecule has 6 nitrogen and oxygen atoms in total. The zero-order valence-corrected chi connectivity index (χ0v) is 10.3. The van der Waals surface area contributed by atoms with Crippen LogP contribution in [0.5, 0.6) is 0 Å². The van der Waals surface area contributed by atoms with E-state index in [4.69, 9.17) is 9.45 Å². The van der Waals surface area contributed by atoms with Gasteiger partial charge in [0.05, 0.1) is 12.4 Å². The van der Waals surface area contributed by atoms with Gasteiger partial charge in [-0.15, -0.1) is 0 Å². The second-order valence-corrected chi connectivity index (χ2v) is 4.15. The summed E-state index contributed by atoms with van der Waals surface area (Å²) in [4.78, 5) is 8.09. The third-order valence-electron chi connectivity index (χ3n) is 0.772. The van der Waals surface area contributed by atoms with Crippen molar-refractivity contribution in [3.05, 3.63) is 0 Å². The summed E-state index contributed by atoms with van der Waals surface area (Å²) in [5.74, 6) is -0.456. The van der Waals surface area contributed by atoms with Crippen molar-refractivity contribution in [2.75, 3.05) is 12.4 Å². The molecule has 1 atom stereocenters. The monoisotopic (exact) mass is 294 g/mol. The van der Waals surface area contributed by atoms with Gasteiger partial charge in [-0.1, -0.05) is 0 Å². The van der Waals surface area contributed by atoms with Crippen LogP contribution in [-0.2, 0) is 45.4 Å². The van der Waals surface area contributed by atoms with Crippen molar-refractivity contribution in [3.63, 3.8) is 0 Å². The first-order valence-corrected chi connectivity index (χ1v) is 5.60. The van der Waals surface area contributed by atoms with Crippen LogP contribution in [0.25, 0.3) is 0 Å². The summed E-state index contributed by atoms with van der Waals surface area (Å²) in [5.41, 5.74) is 0. The molecule has 1 unspecified atom stereocenters. The minimum atomic E-state index is -3.97. The van der Waals surface area contributed by atoms with Crippen LogP contribution in [0.15, 0.2) is 0 Å². The van der Waals surface area contributed by atoms with Crippen LogP contribution in [-0.4, -0.2) is 30.2 Å². The molecule has 0 fully saturated rings. The Morgan fingerprint density at radius 2 is 1.92 bits per heavy atom. The maximum absolute atomic E-state index is 10.0. The third kappa shape index (κ3) is 13.5. The van der Waals surface area contributed by atoms with Crippen molar-refractivity contribution >= 4 is 18.4 Å². The van der Waals surface area contributed by atoms with Gasteiger partial charge in [0.1, 0.15) is 0 Å². The van der Waals surface area contributed by atoms with Gasteiger partial charge in [-0.25, -0.2) is 0 Å². The van der Waals surface area contributed by atoms with Crippen molar-refractivity contribution < 1.29 is 53.2 Å². The van der Waals surface area contributed by atoms with E-state index in [1.54, 1.807) is 0 Å². The van der Waals surface area contributed by atoms with Crippen LogP contribution >= 0.6 is 8.25 Å². The molecule has 0 saturated heterocycles. The second kappa shape index (κ2) is 7.36. The summed E-state index contributed by atoms with van der Waals surface area (Å²) in [6, 6.07) is 0. The van der Waals surface area contributed by atoms with E-state index in [9.17, 15) is 13.0 Å². The maximum atomic E-state index is 10.0. The number of rotatable bonds is 5. The van der Waals surface area contributed by atoms with E-state index in [2.05, 4.69) is 4.52 Å². The molecule has 0 heterocycles. The minimum Gasteiger partial charge on any atom is -0.326 e. The molecule has 0 aromatic rings. The van der Waals surface area contributed by atoms with Crippen molar-refractivity contribution in [1.29, 1.82) is 0 Å². The van der Waals surface area contributed by atoms with Crippen LogP contribution in [0.3, 0.4) is 0 Å². The van der Waals surface area contributed by atoms with Gasteiger partial charge in [-0.05, 0) is 6.42 Å². The molecule has 0 radical (unpaired) electrons. The smallest absolute Gasteiger partial charge is 0.316 e. The van der Waals surface area contributed by atoms with Crippen LogP contribution < -0.4 is 0 Å². The molecule has 12 heavy (non-hydrogen) atoms. The molecular formula is C3H9O6PSZr. The van der Waals surface area contributed by atoms with E-state index in [-0.39, 0.29) is 39.2 Å². The Hall–Kier alpha value is 0.943. The Bertz CT molecular complexity index is 225. The summed E-state index contributed by atoms with van der Waals surface area (Å²) in [6.07, 6.45) is 0.00972. The minimum absolute atomic E-state index is 0. The fourth-order valence-electron chi connectivity index (χ4n) is 0.401. The molecular weight excluding hydrogens is 286 g/mol. The standard InChI is InChI=1S/C3H9O6PS.Zr/c4-10(5)9-2-1-3-11(6,7)8;/h10H,1-3H2,(H,4,5)(H,6,7,8);. The van der Waals surface area contributed by atoms with Crippen LogP contribution in [0.1, 0.15) is 6.42 Å². The van der Waals surface area contributed by atoms with Gasteiger partial charge in [-0.2, -0.15) is 8.42 Å². The molecule has 0 saturated carbocycles. The molecule has 0 rings (SSSR count). The average Bonchev–Trinajstić information content (AvgIpc) is 1.78. The molecule has 72 valence electrons. The summed E-state index contributed by atoms with van der Waals surface area (Å²) in [6.45, 7) is -0.145. The predicted molar refractivity (Wildman–Crippen MR) is 38.2 cm³/mol. The van der Waals surface area contributed by atoms with Crippen LogP contribution in [0.4, 0.5) is 0 Å². The van der Waals surface area contributed by atoms with Crippen molar-refractivity contribution in [2.24, 2.45) is 0 Å². The molecule has 0 aliphatic carbocycles. The summed E-state index contributed by atoms with van der Waals surface area (Å²) in [5, 5.41) is 0. The average molecular weight is 295 g/mol. The zero-order chi connectivity index (χ0) is 8.91.